The molecule has 0 unspecified atom stereocenters. The Labute approximate surface area is 126 Å². The van der Waals surface area contributed by atoms with Crippen molar-refractivity contribution in [1.82, 2.24) is 20.2 Å². The molecule has 1 aromatic rings. The van der Waals surface area contributed by atoms with Crippen LogP contribution in [0.25, 0.3) is 0 Å². The molecule has 0 bridgehead atoms. The Balaban J connectivity index is 2.65. The highest BCUT2D eigenvalue weighted by molar-refractivity contribution is 5.73. The number of urea groups is 1. The van der Waals surface area contributed by atoms with E-state index in [1.807, 2.05) is 14.0 Å². The van der Waals surface area contributed by atoms with Crippen molar-refractivity contribution < 1.29 is 4.79 Å². The van der Waals surface area contributed by atoms with Crippen molar-refractivity contribution in [3.05, 3.63) is 11.4 Å². The van der Waals surface area contributed by atoms with Crippen molar-refractivity contribution in [3.8, 4) is 0 Å². The van der Waals surface area contributed by atoms with E-state index in [9.17, 15) is 4.79 Å². The molecule has 21 heavy (non-hydrogen) atoms. The number of aryl methyl sites for hydroxylation is 1. The number of hydrogen-bond acceptors (Lipinski definition) is 5. The number of nitrogens with zero attached hydrogens (tertiary/aromatic N) is 3. The number of nitrogens with one attached hydrogen (secondary N) is 3. The van der Waals surface area contributed by atoms with E-state index in [-0.39, 0.29) is 6.03 Å². The largest absolute Gasteiger partial charge is 0.373 e. The van der Waals surface area contributed by atoms with Gasteiger partial charge in [0.1, 0.15) is 17.5 Å². The molecular formula is C14H26N6O. The summed E-state index contributed by atoms with van der Waals surface area (Å²) in [6.07, 6.45) is 1.85. The molecule has 118 valence electrons. The van der Waals surface area contributed by atoms with E-state index in [4.69, 9.17) is 0 Å². The molecule has 7 heteroatoms. The molecule has 0 aromatic carbocycles. The van der Waals surface area contributed by atoms with E-state index in [2.05, 4.69) is 32.8 Å². The highest BCUT2D eigenvalue weighted by Gasteiger charge is 2.09. The van der Waals surface area contributed by atoms with Crippen LogP contribution >= 0.6 is 0 Å². The maximum atomic E-state index is 11.4. The van der Waals surface area contributed by atoms with Crippen LogP contribution in [-0.2, 0) is 6.42 Å². The maximum Gasteiger partial charge on any atom is 0.316 e. The average molecular weight is 294 g/mol. The van der Waals surface area contributed by atoms with Gasteiger partial charge in [0.15, 0.2) is 0 Å². The van der Waals surface area contributed by atoms with Crippen LogP contribution in [0.15, 0.2) is 0 Å². The van der Waals surface area contributed by atoms with Gasteiger partial charge in [-0.1, -0.05) is 6.92 Å². The normalized spacial score (nSPS) is 10.1. The minimum Gasteiger partial charge on any atom is -0.373 e. The highest BCUT2D eigenvalue weighted by Crippen LogP contribution is 2.19. The van der Waals surface area contributed by atoms with Crippen molar-refractivity contribution in [2.75, 3.05) is 44.9 Å². The lowest BCUT2D eigenvalue weighted by Crippen LogP contribution is -2.37. The lowest BCUT2D eigenvalue weighted by molar-refractivity contribution is 0.218. The van der Waals surface area contributed by atoms with E-state index in [0.717, 1.165) is 35.9 Å². The van der Waals surface area contributed by atoms with Crippen molar-refractivity contribution in [2.45, 2.75) is 26.7 Å². The summed E-state index contributed by atoms with van der Waals surface area (Å²) in [5.74, 6) is 2.48. The van der Waals surface area contributed by atoms with Crippen LogP contribution in [0.5, 0.6) is 0 Å². The van der Waals surface area contributed by atoms with E-state index in [1.54, 1.807) is 14.1 Å². The lowest BCUT2D eigenvalue weighted by atomic mass is 10.2. The standard InChI is InChI=1S/C14H26N6O/c1-6-7-11-18-12(15-3)10(2)13(19-11)16-8-9-17-14(21)20(4)5/h6-9H2,1-5H3,(H,17,21)(H2,15,16,18,19). The number of aromatic nitrogens is 2. The number of rotatable bonds is 7. The molecule has 0 aliphatic carbocycles. The average Bonchev–Trinajstić information content (AvgIpc) is 2.46. The predicted molar refractivity (Wildman–Crippen MR) is 85.9 cm³/mol. The summed E-state index contributed by atoms with van der Waals surface area (Å²) in [6, 6.07) is -0.0983. The SMILES string of the molecule is CCCc1nc(NC)c(C)c(NCCNC(=O)N(C)C)n1. The minimum atomic E-state index is -0.0983. The van der Waals surface area contributed by atoms with E-state index < -0.39 is 0 Å². The van der Waals surface area contributed by atoms with Crippen LogP contribution in [0.1, 0.15) is 24.7 Å². The maximum absolute atomic E-state index is 11.4. The van der Waals surface area contributed by atoms with Crippen LogP contribution in [0.3, 0.4) is 0 Å². The van der Waals surface area contributed by atoms with Crippen molar-refractivity contribution in [2.24, 2.45) is 0 Å². The quantitative estimate of drug-likeness (QED) is 0.663. The zero-order valence-corrected chi connectivity index (χ0v) is 13.6. The molecule has 1 aromatic heterocycles. The summed E-state index contributed by atoms with van der Waals surface area (Å²) in [5.41, 5.74) is 0.983. The van der Waals surface area contributed by atoms with Crippen LogP contribution in [0.4, 0.5) is 16.4 Å². The molecule has 0 aliphatic rings. The van der Waals surface area contributed by atoms with Gasteiger partial charge in [0, 0.05) is 46.2 Å². The van der Waals surface area contributed by atoms with Crippen molar-refractivity contribution >= 4 is 17.7 Å². The predicted octanol–water partition coefficient (Wildman–Crippen LogP) is 1.46. The number of carbonyl (C=O) groups is 1. The Hall–Kier alpha value is -2.05. The molecule has 0 aliphatic heterocycles. The van der Waals surface area contributed by atoms with Gasteiger partial charge in [-0.15, -0.1) is 0 Å². The molecule has 0 saturated heterocycles. The first-order chi connectivity index (χ1) is 9.99. The van der Waals surface area contributed by atoms with Gasteiger partial charge in [-0.05, 0) is 13.3 Å². The topological polar surface area (TPSA) is 82.2 Å². The summed E-state index contributed by atoms with van der Waals surface area (Å²) in [7, 11) is 5.28. The Morgan fingerprint density at radius 1 is 1.19 bits per heavy atom. The third-order valence-electron chi connectivity index (χ3n) is 3.00. The first kappa shape index (κ1) is 17.0. The number of carbonyl (C=O) groups excluding carboxylic acids is 1. The fourth-order valence-electron chi connectivity index (χ4n) is 1.82. The molecule has 2 amide bonds. The van der Waals surface area contributed by atoms with Gasteiger partial charge in [-0.3, -0.25) is 0 Å². The molecule has 7 nitrogen and oxygen atoms in total. The van der Waals surface area contributed by atoms with Crippen molar-refractivity contribution in [3.63, 3.8) is 0 Å². The summed E-state index contributed by atoms with van der Waals surface area (Å²) in [5, 5.41) is 9.15. The number of anilines is 2. The monoisotopic (exact) mass is 294 g/mol. The summed E-state index contributed by atoms with van der Waals surface area (Å²) in [6.45, 7) is 5.24. The molecule has 0 spiro atoms. The number of amides is 2. The first-order valence-electron chi connectivity index (χ1n) is 7.23. The molecule has 1 rings (SSSR count). The Kier molecular flexibility index (Phi) is 6.71. The Morgan fingerprint density at radius 2 is 1.86 bits per heavy atom. The van der Waals surface area contributed by atoms with Crippen LogP contribution in [0, 0.1) is 6.92 Å². The molecule has 0 atom stereocenters. The Morgan fingerprint density at radius 3 is 2.43 bits per heavy atom. The fourth-order valence-corrected chi connectivity index (χ4v) is 1.82. The molecule has 0 saturated carbocycles. The third-order valence-corrected chi connectivity index (χ3v) is 3.00. The van der Waals surface area contributed by atoms with Gasteiger partial charge in [0.2, 0.25) is 0 Å². The third kappa shape index (κ3) is 5.09. The van der Waals surface area contributed by atoms with E-state index >= 15 is 0 Å². The van der Waals surface area contributed by atoms with Crippen LogP contribution < -0.4 is 16.0 Å². The molecular weight excluding hydrogens is 268 g/mol. The van der Waals surface area contributed by atoms with Crippen molar-refractivity contribution in [1.29, 1.82) is 0 Å². The summed E-state index contributed by atoms with van der Waals surface area (Å²) >= 11 is 0. The zero-order valence-electron chi connectivity index (χ0n) is 13.6. The van der Waals surface area contributed by atoms with Gasteiger partial charge in [-0.25, -0.2) is 14.8 Å². The second-order valence-electron chi connectivity index (χ2n) is 5.02. The first-order valence-corrected chi connectivity index (χ1v) is 7.23. The van der Waals surface area contributed by atoms with Gasteiger partial charge in [-0.2, -0.15) is 0 Å². The van der Waals surface area contributed by atoms with Gasteiger partial charge in [0.05, 0.1) is 0 Å². The van der Waals surface area contributed by atoms with E-state index in [1.165, 1.54) is 4.90 Å². The van der Waals surface area contributed by atoms with Crippen LogP contribution in [0.2, 0.25) is 0 Å². The fraction of sp³-hybridized carbons (Fsp3) is 0.643. The molecule has 1 heterocycles. The zero-order chi connectivity index (χ0) is 15.8. The molecule has 3 N–H and O–H groups in total. The highest BCUT2D eigenvalue weighted by atomic mass is 16.2. The second kappa shape index (κ2) is 8.28. The van der Waals surface area contributed by atoms with Crippen LogP contribution in [-0.4, -0.2) is 55.1 Å². The Bertz CT molecular complexity index is 475. The second-order valence-corrected chi connectivity index (χ2v) is 5.02. The summed E-state index contributed by atoms with van der Waals surface area (Å²) in [4.78, 5) is 21.9. The summed E-state index contributed by atoms with van der Waals surface area (Å²) < 4.78 is 0. The van der Waals surface area contributed by atoms with Gasteiger partial charge in [0.25, 0.3) is 0 Å². The minimum absolute atomic E-state index is 0.0983. The van der Waals surface area contributed by atoms with Gasteiger partial charge >= 0.3 is 6.03 Å². The number of hydrogen-bond donors (Lipinski definition) is 3. The van der Waals surface area contributed by atoms with Gasteiger partial charge < -0.3 is 20.9 Å². The molecule has 0 fully saturated rings. The lowest BCUT2D eigenvalue weighted by Gasteiger charge is -2.15. The molecule has 0 radical (unpaired) electrons. The van der Waals surface area contributed by atoms with E-state index in [0.29, 0.717) is 13.1 Å². The smallest absolute Gasteiger partial charge is 0.316 e.